The molecule has 12 nitrogen and oxygen atoms in total. The van der Waals surface area contributed by atoms with Crippen molar-refractivity contribution in [2.75, 3.05) is 42.4 Å². The van der Waals surface area contributed by atoms with E-state index in [9.17, 15) is 24.3 Å². The number of aliphatic hydroxyl groups excluding tert-OH is 1. The molecule has 0 aromatic heterocycles. The number of hydrogen-bond acceptors (Lipinski definition) is 8. The molecule has 4 amide bonds. The minimum Gasteiger partial charge on any atom is -1.00 e. The van der Waals surface area contributed by atoms with Crippen molar-refractivity contribution in [3.8, 4) is 11.5 Å². The summed E-state index contributed by atoms with van der Waals surface area (Å²) in [5, 5.41) is 16.0. The van der Waals surface area contributed by atoms with Gasteiger partial charge in [-0.25, -0.2) is 4.79 Å². The maximum atomic E-state index is 12.4. The van der Waals surface area contributed by atoms with Crippen LogP contribution in [0.4, 0.5) is 9.59 Å². The van der Waals surface area contributed by atoms with Gasteiger partial charge in [0.05, 0.1) is 37.4 Å². The summed E-state index contributed by atoms with van der Waals surface area (Å²) in [4.78, 5) is 48.6. The molecule has 2 aliphatic rings. The van der Waals surface area contributed by atoms with Crippen molar-refractivity contribution in [1.82, 2.24) is 20.4 Å². The number of rotatable bonds is 5. The fourth-order valence-electron chi connectivity index (χ4n) is 4.52. The zero-order chi connectivity index (χ0) is 35.9. The molecular formula is C32H39Cl4N4O8-. The number of nitrogens with zero attached hydrogens (tertiary/aromatic N) is 2. The van der Waals surface area contributed by atoms with Gasteiger partial charge in [-0.1, -0.05) is 23.2 Å². The normalized spacial score (nSPS) is 16.4. The molecule has 0 saturated heterocycles. The number of methoxy groups -OCH3 is 2. The van der Waals surface area contributed by atoms with Gasteiger partial charge in [-0.2, -0.15) is 0 Å². The van der Waals surface area contributed by atoms with Crippen molar-refractivity contribution in [3.63, 3.8) is 0 Å². The minimum atomic E-state index is -0.550. The summed E-state index contributed by atoms with van der Waals surface area (Å²) >= 11 is 16.9. The van der Waals surface area contributed by atoms with E-state index in [1.807, 2.05) is 13.8 Å². The molecule has 0 radical (unpaired) electrons. The summed E-state index contributed by atoms with van der Waals surface area (Å²) in [6, 6.07) is 5.91. The summed E-state index contributed by atoms with van der Waals surface area (Å²) in [6.45, 7) is 7.11. The van der Waals surface area contributed by atoms with Crippen LogP contribution in [0.15, 0.2) is 35.8 Å². The summed E-state index contributed by atoms with van der Waals surface area (Å²) < 4.78 is 16.0. The third-order valence-electron chi connectivity index (χ3n) is 6.84. The Kier molecular flexibility index (Phi) is 15.9. The van der Waals surface area contributed by atoms with Gasteiger partial charge in [-0.3, -0.25) is 14.4 Å². The lowest BCUT2D eigenvalue weighted by Gasteiger charge is -2.16. The lowest BCUT2D eigenvalue weighted by molar-refractivity contribution is -0.116. The monoisotopic (exact) mass is 747 g/mol. The van der Waals surface area contributed by atoms with Crippen molar-refractivity contribution in [1.29, 1.82) is 0 Å². The van der Waals surface area contributed by atoms with E-state index >= 15 is 0 Å². The Labute approximate surface area is 301 Å². The Balaban J connectivity index is 0.000000411. The first kappa shape index (κ1) is 42.2. The first-order chi connectivity index (χ1) is 21.9. The molecule has 2 aliphatic heterocycles. The van der Waals surface area contributed by atoms with Gasteiger partial charge < -0.3 is 52.2 Å². The van der Waals surface area contributed by atoms with Gasteiger partial charge in [0.2, 0.25) is 0 Å². The molecule has 0 aliphatic carbocycles. The number of halogens is 4. The van der Waals surface area contributed by atoms with E-state index in [1.165, 1.54) is 24.0 Å². The Bertz CT molecular complexity index is 1630. The van der Waals surface area contributed by atoms with E-state index in [4.69, 9.17) is 49.0 Å². The third kappa shape index (κ3) is 10.1. The summed E-state index contributed by atoms with van der Waals surface area (Å²) in [5.41, 5.74) is 3.24. The molecule has 4 rings (SSSR count). The Morgan fingerprint density at radius 2 is 1.17 bits per heavy atom. The molecule has 3 N–H and O–H groups in total. The first-order valence-corrected chi connectivity index (χ1v) is 15.2. The number of nitrogens with one attached hydrogen (secondary N) is 2. The second-order valence-corrected chi connectivity index (χ2v) is 12.1. The van der Waals surface area contributed by atoms with Crippen LogP contribution in [0.1, 0.15) is 36.1 Å². The number of aliphatic hydroxyl groups is 1. The van der Waals surface area contributed by atoms with Crippen LogP contribution in [0.2, 0.25) is 10.0 Å². The molecule has 0 spiro atoms. The van der Waals surface area contributed by atoms with Crippen molar-refractivity contribution < 1.29 is 50.9 Å². The minimum absolute atomic E-state index is 0. The molecule has 2 unspecified atom stereocenters. The van der Waals surface area contributed by atoms with Crippen LogP contribution in [0.5, 0.6) is 11.5 Å². The fourth-order valence-corrected chi connectivity index (χ4v) is 5.05. The Morgan fingerprint density at radius 1 is 0.771 bits per heavy atom. The first-order valence-electron chi connectivity index (χ1n) is 14.1. The van der Waals surface area contributed by atoms with Gasteiger partial charge in [0.25, 0.3) is 11.8 Å². The zero-order valence-electron chi connectivity index (χ0n) is 28.2. The predicted octanol–water partition coefficient (Wildman–Crippen LogP) is 2.94. The highest BCUT2D eigenvalue weighted by atomic mass is 35.5. The highest BCUT2D eigenvalue weighted by Crippen LogP contribution is 2.38. The molecule has 0 bridgehead atoms. The third-order valence-corrected chi connectivity index (χ3v) is 7.61. The van der Waals surface area contributed by atoms with Crippen LogP contribution in [0.3, 0.4) is 0 Å². The molecule has 0 fully saturated rings. The Morgan fingerprint density at radius 3 is 1.52 bits per heavy atom. The van der Waals surface area contributed by atoms with E-state index in [1.54, 1.807) is 66.3 Å². The molecule has 2 atom stereocenters. The fraction of sp³-hybridized carbons (Fsp3) is 0.375. The number of carbonyl (C=O) groups excluding carboxylic acids is 4. The number of aryl methyl sites for hydroxylation is 2. The smallest absolute Gasteiger partial charge is 0.414 e. The van der Waals surface area contributed by atoms with Gasteiger partial charge >= 0.3 is 11.5 Å². The molecule has 0 saturated carbocycles. The average molecular weight is 749 g/mol. The molecule has 264 valence electrons. The Hall–Kier alpha value is -3.84. The van der Waals surface area contributed by atoms with Crippen LogP contribution < -0.4 is 32.5 Å². The van der Waals surface area contributed by atoms with Crippen LogP contribution in [0, 0.1) is 13.8 Å². The second-order valence-electron chi connectivity index (χ2n) is 10.9. The van der Waals surface area contributed by atoms with E-state index in [0.717, 1.165) is 11.1 Å². The van der Waals surface area contributed by atoms with Crippen LogP contribution in [-0.2, 0) is 14.3 Å². The van der Waals surface area contributed by atoms with E-state index in [0.29, 0.717) is 38.2 Å². The SMILES string of the molecule is CN(C)C(=O)Cl.COc1cc(Cl)cc(C)c1C1=C(O)C(C)NC1=O.COc1cc(Cl)cc(C)c1C1=C(OC(=O)N(C)C)C(C)NC1=O.[Cl-]. The number of carbonyl (C=O) groups is 4. The van der Waals surface area contributed by atoms with Gasteiger partial charge in [-0.15, -0.1) is 0 Å². The maximum absolute atomic E-state index is 12.4. The topological polar surface area (TPSA) is 147 Å². The highest BCUT2D eigenvalue weighted by Gasteiger charge is 2.36. The number of amides is 4. The molecule has 2 heterocycles. The molecule has 48 heavy (non-hydrogen) atoms. The number of ether oxygens (including phenoxy) is 3. The van der Waals surface area contributed by atoms with Crippen LogP contribution in [-0.4, -0.2) is 92.7 Å². The number of benzene rings is 2. The molecule has 2 aromatic rings. The zero-order valence-corrected chi connectivity index (χ0v) is 31.2. The van der Waals surface area contributed by atoms with Gasteiger partial charge in [-0.05, 0) is 74.7 Å². The van der Waals surface area contributed by atoms with Crippen molar-refractivity contribution in [3.05, 3.63) is 68.1 Å². The standard InChI is InChI=1S/C16H19ClN2O4.C13H14ClNO3.C3H6ClNO.ClH/c1-8-6-10(17)7-11(22-5)12(8)13-14(9(2)18-15(13)20)23-16(21)19(3)4;1-6-4-8(14)5-9(18-3)10(6)11-12(16)7(2)15-13(11)17;1-5(2)3(4)6;/h6-7,9H,1-5H3,(H,18,20);4-5,7,16H,1-3H3,(H,15,17);1-2H3;1H/p-1. The summed E-state index contributed by atoms with van der Waals surface area (Å²) in [6.07, 6.45) is -0.550. The van der Waals surface area contributed by atoms with Crippen LogP contribution in [0.25, 0.3) is 11.1 Å². The van der Waals surface area contributed by atoms with Gasteiger partial charge in [0.15, 0.2) is 0 Å². The van der Waals surface area contributed by atoms with E-state index in [-0.39, 0.29) is 47.4 Å². The lowest BCUT2D eigenvalue weighted by atomic mass is 9.98. The maximum Gasteiger partial charge on any atom is 0.414 e. The van der Waals surface area contributed by atoms with Crippen molar-refractivity contribution in [2.45, 2.75) is 39.8 Å². The summed E-state index contributed by atoms with van der Waals surface area (Å²) in [5.74, 6) is 0.617. The highest BCUT2D eigenvalue weighted by molar-refractivity contribution is 6.62. The van der Waals surface area contributed by atoms with E-state index < -0.39 is 17.5 Å². The molecule has 2 aromatic carbocycles. The van der Waals surface area contributed by atoms with Crippen LogP contribution >= 0.6 is 34.8 Å². The molecular weight excluding hydrogens is 710 g/mol. The quantitative estimate of drug-likeness (QED) is 0.313. The van der Waals surface area contributed by atoms with Crippen molar-refractivity contribution >= 4 is 69.2 Å². The number of hydrogen-bond donors (Lipinski definition) is 3. The van der Waals surface area contributed by atoms with E-state index in [2.05, 4.69) is 10.6 Å². The lowest BCUT2D eigenvalue weighted by Crippen LogP contribution is -3.00. The van der Waals surface area contributed by atoms with Gasteiger partial charge in [0.1, 0.15) is 23.0 Å². The second kappa shape index (κ2) is 18.1. The van der Waals surface area contributed by atoms with Gasteiger partial charge in [0, 0.05) is 49.4 Å². The largest absolute Gasteiger partial charge is 1.00 e. The summed E-state index contributed by atoms with van der Waals surface area (Å²) in [7, 11) is 9.33. The van der Waals surface area contributed by atoms with Crippen molar-refractivity contribution in [2.24, 2.45) is 0 Å². The predicted molar refractivity (Wildman–Crippen MR) is 182 cm³/mol. The average Bonchev–Trinajstić information content (AvgIpc) is 3.39. The molecule has 16 heteroatoms.